The molecule has 3 aliphatic heterocycles. The third-order valence-electron chi connectivity index (χ3n) is 9.36. The predicted molar refractivity (Wildman–Crippen MR) is 201 cm³/mol. The van der Waals surface area contributed by atoms with Gasteiger partial charge in [-0.15, -0.1) is 0 Å². The standard InChI is InChI=1S/C35H46N12O10/c36-34-39-12-21(44-34)27(51)25-32(56)43-23(15-48)29(53)38-14-24(50)41-19(10-16-4-2-1-3-5-16)30(54)42-20(11-17-6-8-18(49)9-7-17)31(55)46-26(33(57)47-25)28(52)22-13-40-35(37)45-22/h1-9,19-23,25-28,48-49,51-52H,10-15H2,(H,38,53)(H,41,50)(H,42,54)(H,43,56)(H,46,55)(H,47,57)(H3,36,39,44)(H3,37,40,45)/t19-,20-,21?,22?,23-,25+,26-,27?,28?/m0/s1/i/hD. The molecule has 0 aromatic heterocycles. The highest BCUT2D eigenvalue weighted by atomic mass is 16.3. The van der Waals surface area contributed by atoms with Gasteiger partial charge in [-0.05, 0) is 23.3 Å². The molecule has 4 unspecified atom stereocenters. The molecule has 1 saturated heterocycles. The van der Waals surface area contributed by atoms with Crippen LogP contribution >= 0.6 is 0 Å². The number of guanidine groups is 2. The first-order chi connectivity index (χ1) is 27.6. The summed E-state index contributed by atoms with van der Waals surface area (Å²) in [5.41, 5.74) is 12.4. The van der Waals surface area contributed by atoms with Crippen LogP contribution in [0.5, 0.6) is 5.75 Å². The van der Waals surface area contributed by atoms with Gasteiger partial charge in [0, 0.05) is 12.8 Å². The molecule has 6 amide bonds. The number of rotatable bonds is 9. The zero-order valence-corrected chi connectivity index (χ0v) is 30.4. The average molecular weight is 796 g/mol. The predicted octanol–water partition coefficient (Wildman–Crippen LogP) is -6.98. The first-order valence-electron chi connectivity index (χ1n) is 18.3. The Bertz CT molecular complexity index is 1910. The molecule has 0 spiro atoms. The smallest absolute Gasteiger partial charge is 0.246 e. The first-order valence-corrected chi connectivity index (χ1v) is 17.9. The van der Waals surface area contributed by atoms with Gasteiger partial charge in [0.15, 0.2) is 13.3 Å². The highest BCUT2D eigenvalue weighted by molar-refractivity contribution is 5.98. The number of benzene rings is 2. The highest BCUT2D eigenvalue weighted by Crippen LogP contribution is 2.14. The number of aliphatic hydroxyl groups is 3. The maximum atomic E-state index is 14.3. The number of nitrogens with two attached hydrogens (primary N) is 2. The lowest BCUT2D eigenvalue weighted by atomic mass is 9.98. The van der Waals surface area contributed by atoms with Crippen molar-refractivity contribution in [2.24, 2.45) is 21.5 Å². The number of carbonyl (C=O) groups excluding carboxylic acids is 6. The zero-order valence-electron chi connectivity index (χ0n) is 31.4. The van der Waals surface area contributed by atoms with Gasteiger partial charge in [-0.25, -0.2) is 0 Å². The second-order valence-corrected chi connectivity index (χ2v) is 13.5. The molecular formula is C35H46N12O10. The summed E-state index contributed by atoms with van der Waals surface area (Å²) in [5.74, 6) is -6.96. The van der Waals surface area contributed by atoms with E-state index in [1.165, 1.54) is 24.3 Å². The van der Waals surface area contributed by atoms with Gasteiger partial charge in [-0.1, -0.05) is 42.5 Å². The van der Waals surface area contributed by atoms with Crippen molar-refractivity contribution >= 4 is 47.4 Å². The van der Waals surface area contributed by atoms with Crippen molar-refractivity contribution in [2.45, 2.75) is 67.3 Å². The number of aromatic hydroxyl groups is 1. The van der Waals surface area contributed by atoms with Gasteiger partial charge in [0.25, 0.3) is 0 Å². The van der Waals surface area contributed by atoms with Crippen LogP contribution < -0.4 is 54.0 Å². The number of amides is 6. The quantitative estimate of drug-likeness (QED) is 0.112. The fourth-order valence-electron chi connectivity index (χ4n) is 6.26. The number of carbonyl (C=O) groups is 6. The van der Waals surface area contributed by atoms with Gasteiger partial charge >= 0.3 is 0 Å². The molecule has 57 heavy (non-hydrogen) atoms. The number of aliphatic imine (C=N–C) groups is 2. The Morgan fingerprint density at radius 1 is 0.649 bits per heavy atom. The average Bonchev–Trinajstić information content (AvgIpc) is 3.86. The minimum atomic E-state index is -1.96. The summed E-state index contributed by atoms with van der Waals surface area (Å²) in [6.07, 6.45) is -4.17. The Kier molecular flexibility index (Phi) is 13.3. The number of phenolic OH excluding ortho intramolecular Hbond substituents is 1. The fourth-order valence-corrected chi connectivity index (χ4v) is 6.26. The lowest BCUT2D eigenvalue weighted by Crippen LogP contribution is -2.67. The van der Waals surface area contributed by atoms with E-state index in [2.05, 4.69) is 47.2 Å². The largest absolute Gasteiger partial charge is 0.508 e. The van der Waals surface area contributed by atoms with E-state index in [-0.39, 0.29) is 43.6 Å². The Morgan fingerprint density at radius 3 is 1.68 bits per heavy atom. The molecule has 1 fully saturated rings. The Hall–Kier alpha value is -6.52. The van der Waals surface area contributed by atoms with Gasteiger partial charge in [-0.3, -0.25) is 38.8 Å². The second-order valence-electron chi connectivity index (χ2n) is 13.5. The summed E-state index contributed by atoms with van der Waals surface area (Å²) in [6, 6.07) is 2.91. The minimum absolute atomic E-state index is 0.0849. The summed E-state index contributed by atoms with van der Waals surface area (Å²) in [5, 5.41) is 60.3. The molecule has 3 heterocycles. The summed E-state index contributed by atoms with van der Waals surface area (Å²) < 4.78 is 8.70. The molecule has 3 aliphatic rings. The van der Waals surface area contributed by atoms with Crippen LogP contribution in [0.2, 0.25) is 1.41 Å². The lowest BCUT2D eigenvalue weighted by molar-refractivity contribution is -0.139. The van der Waals surface area contributed by atoms with Gasteiger partial charge in [0.1, 0.15) is 48.2 Å². The van der Waals surface area contributed by atoms with E-state index in [4.69, 9.17) is 12.9 Å². The third kappa shape index (κ3) is 11.0. The van der Waals surface area contributed by atoms with Crippen molar-refractivity contribution in [3.05, 3.63) is 65.7 Å². The van der Waals surface area contributed by atoms with Crippen LogP contribution in [0.1, 0.15) is 11.1 Å². The molecule has 22 nitrogen and oxygen atoms in total. The second kappa shape index (κ2) is 18.9. The van der Waals surface area contributed by atoms with Gasteiger partial charge < -0.3 is 74.4 Å². The van der Waals surface area contributed by atoms with Crippen molar-refractivity contribution < 1.29 is 50.6 Å². The number of nitrogens with one attached hydrogen (secondary N) is 8. The summed E-state index contributed by atoms with van der Waals surface area (Å²) in [6.45, 7) is -2.22. The lowest BCUT2D eigenvalue weighted by Gasteiger charge is -2.33. The normalized spacial score (nSPS) is 28.0. The molecule has 0 aliphatic carbocycles. The molecule has 306 valence electrons. The Balaban J connectivity index is 1.56. The summed E-state index contributed by atoms with van der Waals surface area (Å²) >= 11 is 0. The number of hydrogen-bond acceptors (Lipinski definition) is 16. The van der Waals surface area contributed by atoms with E-state index < -0.39 is 103 Å². The van der Waals surface area contributed by atoms with E-state index in [0.717, 1.165) is 0 Å². The van der Waals surface area contributed by atoms with E-state index >= 15 is 0 Å². The first kappa shape index (κ1) is 40.2. The van der Waals surface area contributed by atoms with Gasteiger partial charge in [-0.2, -0.15) is 0 Å². The Labute approximate surface area is 326 Å². The van der Waals surface area contributed by atoms with Crippen molar-refractivity contribution in [2.75, 3.05) is 26.2 Å². The third-order valence-corrected chi connectivity index (χ3v) is 9.36. The van der Waals surface area contributed by atoms with Crippen molar-refractivity contribution in [3.8, 4) is 5.75 Å². The van der Waals surface area contributed by atoms with E-state index in [9.17, 15) is 49.2 Å². The van der Waals surface area contributed by atoms with Crippen LogP contribution in [0.25, 0.3) is 0 Å². The fraction of sp³-hybridized carbons (Fsp3) is 0.429. The van der Waals surface area contributed by atoms with Crippen molar-refractivity contribution in [1.29, 1.82) is 0 Å². The number of aliphatic hydroxyl groups excluding tert-OH is 3. The van der Waals surface area contributed by atoms with Gasteiger partial charge in [0.2, 0.25) is 35.4 Å². The molecule has 5 rings (SSSR count). The Morgan fingerprint density at radius 2 is 1.14 bits per heavy atom. The molecule has 16 N–H and O–H groups in total. The van der Waals surface area contributed by atoms with Crippen LogP contribution in [-0.4, -0.2) is 149 Å². The molecule has 0 radical (unpaired) electrons. The molecule has 2 aromatic rings. The summed E-state index contributed by atoms with van der Waals surface area (Å²) in [4.78, 5) is 90.9. The van der Waals surface area contributed by atoms with Crippen molar-refractivity contribution in [1.82, 2.24) is 42.5 Å². The SMILES string of the molecule is [2H]N1C(=O)CNC(=O)[C@H](CO)NC(=O)[C@@H](C(O)C2CN=C(N)N2)NC(=O)[C@H](C(O)C2CN=C(N)N2)NC(=O)[C@H](Cc2ccc(O)cc2)NC(=O)[C@@H]1Cc1ccccc1. The molecule has 22 heteroatoms. The number of hydrogen-bond donors (Lipinski definition) is 14. The number of phenols is 1. The maximum Gasteiger partial charge on any atom is 0.246 e. The zero-order chi connectivity index (χ0) is 42.1. The number of nitrogens with zero attached hydrogens (tertiary/aromatic N) is 2. The maximum absolute atomic E-state index is 14.3. The summed E-state index contributed by atoms with van der Waals surface area (Å²) in [7, 11) is 0. The topological polar surface area (TPSA) is 356 Å². The van der Waals surface area contributed by atoms with Gasteiger partial charge in [0.05, 0.1) is 38.3 Å². The monoisotopic (exact) mass is 795 g/mol. The minimum Gasteiger partial charge on any atom is -0.508 e. The molecule has 0 bridgehead atoms. The van der Waals surface area contributed by atoms with Crippen LogP contribution in [0, 0.1) is 0 Å². The molecule has 9 atom stereocenters. The molecule has 2 aromatic carbocycles. The van der Waals surface area contributed by atoms with Crippen LogP contribution in [0.15, 0.2) is 64.6 Å². The molecular weight excluding hydrogens is 748 g/mol. The van der Waals surface area contributed by atoms with E-state index in [1.807, 2.05) is 0 Å². The van der Waals surface area contributed by atoms with E-state index in [1.54, 1.807) is 30.3 Å². The van der Waals surface area contributed by atoms with Crippen LogP contribution in [-0.2, 0) is 41.6 Å². The van der Waals surface area contributed by atoms with E-state index in [0.29, 0.717) is 16.4 Å². The van der Waals surface area contributed by atoms with Crippen molar-refractivity contribution in [3.63, 3.8) is 0 Å². The van der Waals surface area contributed by atoms with Crippen LogP contribution in [0.3, 0.4) is 0 Å². The van der Waals surface area contributed by atoms with Crippen LogP contribution in [0.4, 0.5) is 0 Å². The highest BCUT2D eigenvalue weighted by Gasteiger charge is 2.43. The molecule has 0 saturated carbocycles.